The zero-order valence-electron chi connectivity index (χ0n) is 12.5. The first kappa shape index (κ1) is 14.4. The zero-order chi connectivity index (χ0) is 16.0. The van der Waals surface area contributed by atoms with Gasteiger partial charge in [-0.2, -0.15) is 5.10 Å². The van der Waals surface area contributed by atoms with Gasteiger partial charge < -0.3 is 10.4 Å². The number of carbonyl (C=O) groups is 1. The Hall–Kier alpha value is -2.21. The monoisotopic (exact) mass is 315 g/mol. The molecular formula is C17H18FN3O2. The number of benzene rings is 1. The van der Waals surface area contributed by atoms with Gasteiger partial charge in [-0.05, 0) is 31.4 Å². The summed E-state index contributed by atoms with van der Waals surface area (Å²) in [6, 6.07) is 7.80. The Morgan fingerprint density at radius 2 is 2.13 bits per heavy atom. The van der Waals surface area contributed by atoms with Crippen LogP contribution in [0.4, 0.5) is 4.39 Å². The molecule has 1 aromatic carbocycles. The quantitative estimate of drug-likeness (QED) is 0.899. The third-order valence-electron chi connectivity index (χ3n) is 5.02. The van der Waals surface area contributed by atoms with Crippen molar-refractivity contribution >= 4 is 5.91 Å². The second-order valence-electron chi connectivity index (χ2n) is 6.42. The molecule has 120 valence electrons. The molecule has 2 aliphatic carbocycles. The number of nitrogens with one attached hydrogen (secondary N) is 1. The van der Waals surface area contributed by atoms with Crippen LogP contribution in [0.1, 0.15) is 30.9 Å². The summed E-state index contributed by atoms with van der Waals surface area (Å²) in [6.07, 6.45) is 4.69. The highest BCUT2D eigenvalue weighted by Crippen LogP contribution is 2.49. The van der Waals surface area contributed by atoms with Gasteiger partial charge in [0.1, 0.15) is 5.82 Å². The summed E-state index contributed by atoms with van der Waals surface area (Å²) in [6.45, 7) is 0. The van der Waals surface area contributed by atoms with Crippen molar-refractivity contribution in [2.75, 3.05) is 0 Å². The Labute approximate surface area is 133 Å². The number of aliphatic hydroxyl groups excluding tert-OH is 1. The molecule has 0 saturated heterocycles. The van der Waals surface area contributed by atoms with Gasteiger partial charge in [0.15, 0.2) is 0 Å². The lowest BCUT2D eigenvalue weighted by Gasteiger charge is -2.42. The Balaban J connectivity index is 1.52. The number of hydrogen-bond donors (Lipinski definition) is 2. The third kappa shape index (κ3) is 2.25. The van der Waals surface area contributed by atoms with Gasteiger partial charge in [0.05, 0.1) is 23.6 Å². The van der Waals surface area contributed by atoms with E-state index >= 15 is 0 Å². The van der Waals surface area contributed by atoms with Crippen molar-refractivity contribution in [2.45, 2.75) is 42.9 Å². The van der Waals surface area contributed by atoms with Crippen LogP contribution in [0.2, 0.25) is 0 Å². The molecular weight excluding hydrogens is 297 g/mol. The number of hydrogen-bond acceptors (Lipinski definition) is 3. The van der Waals surface area contributed by atoms with Crippen molar-refractivity contribution in [3.05, 3.63) is 54.1 Å². The van der Waals surface area contributed by atoms with Crippen LogP contribution in [0.15, 0.2) is 42.7 Å². The summed E-state index contributed by atoms with van der Waals surface area (Å²) >= 11 is 0. The highest BCUT2D eigenvalue weighted by atomic mass is 19.1. The van der Waals surface area contributed by atoms with Crippen LogP contribution in [0, 0.1) is 5.82 Å². The van der Waals surface area contributed by atoms with E-state index in [2.05, 4.69) is 10.4 Å². The fourth-order valence-corrected chi connectivity index (χ4v) is 3.47. The topological polar surface area (TPSA) is 67.2 Å². The van der Waals surface area contributed by atoms with Crippen molar-refractivity contribution in [1.82, 2.24) is 15.1 Å². The second kappa shape index (κ2) is 5.16. The molecule has 23 heavy (non-hydrogen) atoms. The van der Waals surface area contributed by atoms with Crippen molar-refractivity contribution < 1.29 is 14.3 Å². The SMILES string of the molecule is O=C(N[C@H]1C[C@@H](O)[C@@H]1n1cccn1)C1(c2ccccc2F)CC1. The van der Waals surface area contributed by atoms with Gasteiger partial charge in [0.25, 0.3) is 0 Å². The summed E-state index contributed by atoms with van der Waals surface area (Å²) in [5.74, 6) is -0.492. The standard InChI is InChI=1S/C17H18FN3O2/c18-12-5-2-1-4-11(12)17(6-7-17)16(23)20-13-10-14(22)15(13)21-9-3-8-19-21/h1-5,8-9,13-15,22H,6-7,10H2,(H,20,23)/t13-,14+,15+/m0/s1. The van der Waals surface area contributed by atoms with Crippen LogP contribution in [-0.2, 0) is 10.2 Å². The number of aromatic nitrogens is 2. The van der Waals surface area contributed by atoms with E-state index in [1.807, 2.05) is 0 Å². The third-order valence-corrected chi connectivity index (χ3v) is 5.02. The number of aliphatic hydroxyl groups is 1. The van der Waals surface area contributed by atoms with Crippen LogP contribution in [-0.4, -0.2) is 32.9 Å². The van der Waals surface area contributed by atoms with E-state index in [0.29, 0.717) is 24.8 Å². The van der Waals surface area contributed by atoms with Gasteiger partial charge >= 0.3 is 0 Å². The number of amides is 1. The summed E-state index contributed by atoms with van der Waals surface area (Å²) < 4.78 is 15.7. The number of rotatable bonds is 4. The van der Waals surface area contributed by atoms with Gasteiger partial charge in [-0.1, -0.05) is 18.2 Å². The van der Waals surface area contributed by atoms with Crippen LogP contribution in [0.5, 0.6) is 0 Å². The van der Waals surface area contributed by atoms with Gasteiger partial charge in [0.2, 0.25) is 5.91 Å². The molecule has 0 unspecified atom stereocenters. The molecule has 0 bridgehead atoms. The van der Waals surface area contributed by atoms with Crippen molar-refractivity contribution in [1.29, 1.82) is 0 Å². The molecule has 1 heterocycles. The van der Waals surface area contributed by atoms with Crippen LogP contribution in [0.3, 0.4) is 0 Å². The number of carbonyl (C=O) groups excluding carboxylic acids is 1. The van der Waals surface area contributed by atoms with Gasteiger partial charge in [-0.3, -0.25) is 9.48 Å². The fourth-order valence-electron chi connectivity index (χ4n) is 3.47. The average Bonchev–Trinajstić information content (AvgIpc) is 3.17. The first-order valence-corrected chi connectivity index (χ1v) is 7.85. The van der Waals surface area contributed by atoms with E-state index in [1.54, 1.807) is 41.3 Å². The minimum absolute atomic E-state index is 0.156. The van der Waals surface area contributed by atoms with Crippen LogP contribution < -0.4 is 5.32 Å². The molecule has 2 fully saturated rings. The molecule has 4 rings (SSSR count). The predicted molar refractivity (Wildman–Crippen MR) is 81.1 cm³/mol. The Morgan fingerprint density at radius 3 is 2.74 bits per heavy atom. The van der Waals surface area contributed by atoms with Crippen LogP contribution in [0.25, 0.3) is 0 Å². The van der Waals surface area contributed by atoms with Crippen molar-refractivity contribution in [3.8, 4) is 0 Å². The second-order valence-corrected chi connectivity index (χ2v) is 6.42. The maximum absolute atomic E-state index is 14.0. The number of nitrogens with zero attached hydrogens (tertiary/aromatic N) is 2. The molecule has 0 aliphatic heterocycles. The first-order valence-electron chi connectivity index (χ1n) is 7.85. The molecule has 3 atom stereocenters. The summed E-state index contributed by atoms with van der Waals surface area (Å²) in [7, 11) is 0. The lowest BCUT2D eigenvalue weighted by molar-refractivity contribution is -0.127. The van der Waals surface area contributed by atoms with E-state index in [0.717, 1.165) is 0 Å². The smallest absolute Gasteiger partial charge is 0.231 e. The highest BCUT2D eigenvalue weighted by Gasteiger charge is 2.54. The van der Waals surface area contributed by atoms with E-state index < -0.39 is 11.5 Å². The highest BCUT2D eigenvalue weighted by molar-refractivity contribution is 5.91. The fraction of sp³-hybridized carbons (Fsp3) is 0.412. The molecule has 0 radical (unpaired) electrons. The minimum atomic E-state index is -0.749. The molecule has 5 nitrogen and oxygen atoms in total. The molecule has 2 aromatic rings. The molecule has 0 spiro atoms. The van der Waals surface area contributed by atoms with E-state index in [9.17, 15) is 14.3 Å². The predicted octanol–water partition coefficient (Wildman–Crippen LogP) is 1.54. The van der Waals surface area contributed by atoms with Gasteiger partial charge in [-0.15, -0.1) is 0 Å². The lowest BCUT2D eigenvalue weighted by Crippen LogP contribution is -2.57. The molecule has 1 aromatic heterocycles. The maximum Gasteiger partial charge on any atom is 0.231 e. The minimum Gasteiger partial charge on any atom is -0.391 e. The van der Waals surface area contributed by atoms with E-state index in [4.69, 9.17) is 0 Å². The summed E-state index contributed by atoms with van der Waals surface area (Å²) in [5, 5.41) is 17.1. The Bertz CT molecular complexity index is 727. The number of halogens is 1. The molecule has 2 N–H and O–H groups in total. The lowest BCUT2D eigenvalue weighted by atomic mass is 9.82. The van der Waals surface area contributed by atoms with E-state index in [-0.39, 0.29) is 23.8 Å². The van der Waals surface area contributed by atoms with Gasteiger partial charge in [0, 0.05) is 18.0 Å². The molecule has 2 saturated carbocycles. The summed E-state index contributed by atoms with van der Waals surface area (Å²) in [4.78, 5) is 12.7. The first-order chi connectivity index (χ1) is 11.1. The average molecular weight is 315 g/mol. The Morgan fingerprint density at radius 1 is 1.35 bits per heavy atom. The van der Waals surface area contributed by atoms with E-state index in [1.165, 1.54) is 6.07 Å². The molecule has 6 heteroatoms. The molecule has 2 aliphatic rings. The maximum atomic E-state index is 14.0. The zero-order valence-corrected chi connectivity index (χ0v) is 12.5. The van der Waals surface area contributed by atoms with Crippen molar-refractivity contribution in [3.63, 3.8) is 0 Å². The van der Waals surface area contributed by atoms with Gasteiger partial charge in [-0.25, -0.2) is 4.39 Å². The van der Waals surface area contributed by atoms with Crippen molar-refractivity contribution in [2.24, 2.45) is 0 Å². The normalized spacial score (nSPS) is 28.0. The largest absolute Gasteiger partial charge is 0.391 e. The molecule has 1 amide bonds. The summed E-state index contributed by atoms with van der Waals surface area (Å²) in [5.41, 5.74) is -0.284. The Kier molecular flexibility index (Phi) is 3.23. The van der Waals surface area contributed by atoms with Crippen LogP contribution >= 0.6 is 0 Å².